The fourth-order valence-electron chi connectivity index (χ4n) is 2.62. The predicted molar refractivity (Wildman–Crippen MR) is 77.9 cm³/mol. The van der Waals surface area contributed by atoms with Crippen molar-refractivity contribution in [1.29, 1.82) is 0 Å². The molecule has 1 amide bonds. The van der Waals surface area contributed by atoms with E-state index in [0.29, 0.717) is 19.0 Å². The van der Waals surface area contributed by atoms with Crippen molar-refractivity contribution in [3.8, 4) is 0 Å². The van der Waals surface area contributed by atoms with E-state index in [0.717, 1.165) is 25.7 Å². The van der Waals surface area contributed by atoms with Gasteiger partial charge in [-0.05, 0) is 25.7 Å². The smallest absolute Gasteiger partial charge is 0.248 e. The highest BCUT2D eigenvalue weighted by molar-refractivity contribution is 5.80. The zero-order chi connectivity index (χ0) is 14.3. The molecular formula is C15H30N2O2. The summed E-state index contributed by atoms with van der Waals surface area (Å²) in [5.41, 5.74) is 5.63. The van der Waals surface area contributed by atoms with Gasteiger partial charge in [-0.15, -0.1) is 0 Å². The summed E-state index contributed by atoms with van der Waals surface area (Å²) in [6, 6.07) is 0. The third kappa shape index (κ3) is 5.49. The highest BCUT2D eigenvalue weighted by atomic mass is 16.5. The molecule has 0 bridgehead atoms. The fourth-order valence-corrected chi connectivity index (χ4v) is 2.62. The third-order valence-corrected chi connectivity index (χ3v) is 3.87. The Kier molecular flexibility index (Phi) is 6.80. The number of hydrogen-bond donors (Lipinski definition) is 2. The molecule has 0 heterocycles. The molecule has 19 heavy (non-hydrogen) atoms. The minimum Gasteiger partial charge on any atom is -0.361 e. The molecule has 1 unspecified atom stereocenters. The summed E-state index contributed by atoms with van der Waals surface area (Å²) in [4.78, 5) is 12.0. The number of carbonyl (C=O) groups excluding carboxylic acids is 1. The Morgan fingerprint density at radius 2 is 1.79 bits per heavy atom. The number of hydrogen-bond acceptors (Lipinski definition) is 3. The number of carbonyl (C=O) groups is 1. The van der Waals surface area contributed by atoms with Gasteiger partial charge in [0.25, 0.3) is 0 Å². The van der Waals surface area contributed by atoms with Crippen LogP contribution in [0.15, 0.2) is 0 Å². The molecule has 1 saturated carbocycles. The van der Waals surface area contributed by atoms with Crippen LogP contribution in [0.2, 0.25) is 0 Å². The molecule has 0 saturated heterocycles. The number of nitrogens with one attached hydrogen (secondary N) is 1. The van der Waals surface area contributed by atoms with Crippen molar-refractivity contribution >= 4 is 5.91 Å². The molecule has 1 atom stereocenters. The van der Waals surface area contributed by atoms with E-state index in [1.807, 2.05) is 6.92 Å². The normalized spacial score (nSPS) is 20.9. The maximum Gasteiger partial charge on any atom is 0.248 e. The number of amides is 1. The van der Waals surface area contributed by atoms with Crippen LogP contribution in [0, 0.1) is 5.92 Å². The molecule has 1 aliphatic rings. The molecule has 0 radical (unpaired) electrons. The van der Waals surface area contributed by atoms with Gasteiger partial charge in [-0.25, -0.2) is 0 Å². The Morgan fingerprint density at radius 1 is 1.21 bits per heavy atom. The van der Waals surface area contributed by atoms with Crippen molar-refractivity contribution in [2.75, 3.05) is 13.1 Å². The molecule has 0 aliphatic heterocycles. The van der Waals surface area contributed by atoms with Gasteiger partial charge >= 0.3 is 0 Å². The Hall–Kier alpha value is -0.610. The zero-order valence-electron chi connectivity index (χ0n) is 12.7. The van der Waals surface area contributed by atoms with Gasteiger partial charge in [0.2, 0.25) is 5.91 Å². The van der Waals surface area contributed by atoms with Gasteiger partial charge in [0.15, 0.2) is 0 Å². The van der Waals surface area contributed by atoms with Crippen molar-refractivity contribution in [2.45, 2.75) is 71.0 Å². The van der Waals surface area contributed by atoms with Crippen LogP contribution in [0.5, 0.6) is 0 Å². The van der Waals surface area contributed by atoms with Crippen LogP contribution in [0.25, 0.3) is 0 Å². The maximum atomic E-state index is 12.0. The lowest BCUT2D eigenvalue weighted by molar-refractivity contribution is -0.146. The topological polar surface area (TPSA) is 64.3 Å². The van der Waals surface area contributed by atoms with Crippen LogP contribution < -0.4 is 11.1 Å². The molecule has 0 aromatic heterocycles. The fraction of sp³-hybridized carbons (Fsp3) is 0.933. The van der Waals surface area contributed by atoms with Crippen LogP contribution in [-0.2, 0) is 9.53 Å². The summed E-state index contributed by atoms with van der Waals surface area (Å²) in [6.45, 7) is 7.20. The highest BCUT2D eigenvalue weighted by Gasteiger charge is 2.33. The van der Waals surface area contributed by atoms with E-state index in [1.54, 1.807) is 0 Å². The third-order valence-electron chi connectivity index (χ3n) is 3.87. The van der Waals surface area contributed by atoms with E-state index in [9.17, 15) is 4.79 Å². The molecule has 0 aromatic rings. The van der Waals surface area contributed by atoms with Crippen LogP contribution >= 0.6 is 0 Å². The molecular weight excluding hydrogens is 240 g/mol. The second-order valence-corrected chi connectivity index (χ2v) is 6.20. The van der Waals surface area contributed by atoms with E-state index in [2.05, 4.69) is 19.2 Å². The molecule has 0 aromatic carbocycles. The summed E-state index contributed by atoms with van der Waals surface area (Å²) in [7, 11) is 0. The first-order valence-electron chi connectivity index (χ1n) is 7.65. The first kappa shape index (κ1) is 16.4. The second-order valence-electron chi connectivity index (χ2n) is 6.20. The first-order valence-corrected chi connectivity index (χ1v) is 7.65. The van der Waals surface area contributed by atoms with Crippen LogP contribution in [0.4, 0.5) is 0 Å². The van der Waals surface area contributed by atoms with Crippen molar-refractivity contribution in [1.82, 2.24) is 5.32 Å². The van der Waals surface area contributed by atoms with Gasteiger partial charge in [0, 0.05) is 13.1 Å². The lowest BCUT2D eigenvalue weighted by Crippen LogP contribution is -2.47. The minimum absolute atomic E-state index is 0.0224. The quantitative estimate of drug-likeness (QED) is 0.727. The molecule has 3 N–H and O–H groups in total. The van der Waals surface area contributed by atoms with Gasteiger partial charge in [0.1, 0.15) is 6.10 Å². The Balaban J connectivity index is 2.51. The standard InChI is InChI=1S/C15H30N2O2/c1-12(2)10-17-14(18)13(3)19-15(11-16)8-6-4-5-7-9-15/h12-13H,4-11,16H2,1-3H3,(H,17,18). The molecule has 4 nitrogen and oxygen atoms in total. The molecule has 0 spiro atoms. The lowest BCUT2D eigenvalue weighted by atomic mass is 9.94. The number of rotatable bonds is 6. The SMILES string of the molecule is CC(C)CNC(=O)C(C)OC1(CN)CCCCCC1. The molecule has 112 valence electrons. The Morgan fingerprint density at radius 3 is 2.26 bits per heavy atom. The van der Waals surface area contributed by atoms with Gasteiger partial charge in [0.05, 0.1) is 5.60 Å². The minimum atomic E-state index is -0.416. The predicted octanol–water partition coefficient (Wildman–Crippen LogP) is 2.22. The molecule has 1 rings (SSSR count). The summed E-state index contributed by atoms with van der Waals surface area (Å²) in [6.07, 6.45) is 6.34. The van der Waals surface area contributed by atoms with E-state index < -0.39 is 6.10 Å². The number of ether oxygens (including phenoxy) is 1. The van der Waals surface area contributed by atoms with Crippen LogP contribution in [0.1, 0.15) is 59.3 Å². The van der Waals surface area contributed by atoms with Gasteiger partial charge in [-0.1, -0.05) is 39.5 Å². The van der Waals surface area contributed by atoms with Crippen LogP contribution in [-0.4, -0.2) is 30.7 Å². The second kappa shape index (κ2) is 7.85. The van der Waals surface area contributed by atoms with Crippen molar-refractivity contribution in [3.05, 3.63) is 0 Å². The largest absolute Gasteiger partial charge is 0.361 e. The van der Waals surface area contributed by atoms with Gasteiger partial charge in [-0.3, -0.25) is 4.79 Å². The van der Waals surface area contributed by atoms with Crippen molar-refractivity contribution in [2.24, 2.45) is 11.7 Å². The van der Waals surface area contributed by atoms with Gasteiger partial charge < -0.3 is 15.8 Å². The Labute approximate surface area is 117 Å². The van der Waals surface area contributed by atoms with Crippen molar-refractivity contribution in [3.63, 3.8) is 0 Å². The average molecular weight is 270 g/mol. The zero-order valence-corrected chi connectivity index (χ0v) is 12.7. The average Bonchev–Trinajstić information content (AvgIpc) is 2.62. The van der Waals surface area contributed by atoms with Gasteiger partial charge in [-0.2, -0.15) is 0 Å². The molecule has 1 aliphatic carbocycles. The van der Waals surface area contributed by atoms with Crippen LogP contribution in [0.3, 0.4) is 0 Å². The van der Waals surface area contributed by atoms with E-state index >= 15 is 0 Å². The van der Waals surface area contributed by atoms with E-state index in [4.69, 9.17) is 10.5 Å². The van der Waals surface area contributed by atoms with E-state index in [1.165, 1.54) is 12.8 Å². The summed E-state index contributed by atoms with van der Waals surface area (Å²) in [5.74, 6) is 0.434. The monoisotopic (exact) mass is 270 g/mol. The molecule has 1 fully saturated rings. The van der Waals surface area contributed by atoms with Crippen molar-refractivity contribution < 1.29 is 9.53 Å². The summed E-state index contributed by atoms with van der Waals surface area (Å²) >= 11 is 0. The molecule has 4 heteroatoms. The lowest BCUT2D eigenvalue weighted by Gasteiger charge is -2.34. The first-order chi connectivity index (χ1) is 8.99. The number of nitrogens with two attached hydrogens (primary N) is 1. The Bertz CT molecular complexity index is 271. The highest BCUT2D eigenvalue weighted by Crippen LogP contribution is 2.30. The van der Waals surface area contributed by atoms with E-state index in [-0.39, 0.29) is 11.5 Å². The maximum absolute atomic E-state index is 12.0. The summed E-state index contributed by atoms with van der Waals surface area (Å²) < 4.78 is 6.07. The summed E-state index contributed by atoms with van der Waals surface area (Å²) in [5, 5.41) is 2.92.